The molecule has 0 bridgehead atoms. The Kier molecular flexibility index (Phi) is 6.01. The van der Waals surface area contributed by atoms with E-state index < -0.39 is 0 Å². The van der Waals surface area contributed by atoms with Crippen molar-refractivity contribution >= 4 is 17.2 Å². The summed E-state index contributed by atoms with van der Waals surface area (Å²) in [5, 5.41) is 5.43. The van der Waals surface area contributed by atoms with Gasteiger partial charge in [0.1, 0.15) is 0 Å². The molecule has 0 radical (unpaired) electrons. The maximum absolute atomic E-state index is 12.8. The van der Waals surface area contributed by atoms with Gasteiger partial charge in [0, 0.05) is 18.5 Å². The summed E-state index contributed by atoms with van der Waals surface area (Å²) >= 11 is 1.69. The van der Waals surface area contributed by atoms with Gasteiger partial charge in [-0.25, -0.2) is 0 Å². The highest BCUT2D eigenvalue weighted by atomic mass is 32.1. The molecule has 2 unspecified atom stereocenters. The zero-order valence-corrected chi connectivity index (χ0v) is 13.1. The standard InChI is InChI=1S/C15H24N2O2S/c1-12-5-3-7-16-14(12)15(18)17(8-9-19-2)11-13-6-4-10-20-13/h4,6,10,12,14,16H,3,5,7-9,11H2,1-2H3. The lowest BCUT2D eigenvalue weighted by atomic mass is 9.92. The minimum absolute atomic E-state index is 0.0411. The maximum Gasteiger partial charge on any atom is 0.240 e. The summed E-state index contributed by atoms with van der Waals surface area (Å²) < 4.78 is 5.14. The molecule has 1 aromatic heterocycles. The largest absolute Gasteiger partial charge is 0.383 e. The highest BCUT2D eigenvalue weighted by Gasteiger charge is 2.30. The third kappa shape index (κ3) is 4.04. The lowest BCUT2D eigenvalue weighted by Crippen LogP contribution is -2.52. The molecule has 0 spiro atoms. The number of carbonyl (C=O) groups is 1. The average molecular weight is 296 g/mol. The first-order chi connectivity index (χ1) is 9.72. The van der Waals surface area contributed by atoms with E-state index in [1.165, 1.54) is 4.88 Å². The highest BCUT2D eigenvalue weighted by molar-refractivity contribution is 7.09. The first-order valence-electron chi connectivity index (χ1n) is 7.26. The van der Waals surface area contributed by atoms with Crippen molar-refractivity contribution in [2.75, 3.05) is 26.8 Å². The second kappa shape index (κ2) is 7.76. The van der Waals surface area contributed by atoms with Crippen LogP contribution in [0.4, 0.5) is 0 Å². The molecule has 112 valence electrons. The zero-order chi connectivity index (χ0) is 14.4. The van der Waals surface area contributed by atoms with Crippen LogP contribution >= 0.6 is 11.3 Å². The van der Waals surface area contributed by atoms with E-state index in [-0.39, 0.29) is 11.9 Å². The Balaban J connectivity index is 2.02. The lowest BCUT2D eigenvalue weighted by Gasteiger charge is -2.33. The number of hydrogen-bond donors (Lipinski definition) is 1. The average Bonchev–Trinajstić information content (AvgIpc) is 2.96. The molecule has 1 saturated heterocycles. The van der Waals surface area contributed by atoms with Crippen LogP contribution in [0.5, 0.6) is 0 Å². The Bertz CT molecular complexity index is 408. The molecule has 2 rings (SSSR count). The zero-order valence-electron chi connectivity index (χ0n) is 12.3. The summed E-state index contributed by atoms with van der Waals surface area (Å²) in [7, 11) is 1.68. The fourth-order valence-corrected chi connectivity index (χ4v) is 3.36. The molecule has 0 aromatic carbocycles. The number of rotatable bonds is 6. The lowest BCUT2D eigenvalue weighted by molar-refractivity contribution is -0.136. The van der Waals surface area contributed by atoms with Gasteiger partial charge in [-0.2, -0.15) is 0 Å². The first-order valence-corrected chi connectivity index (χ1v) is 8.14. The van der Waals surface area contributed by atoms with Gasteiger partial charge in [-0.05, 0) is 36.8 Å². The van der Waals surface area contributed by atoms with Crippen LogP contribution in [0.2, 0.25) is 0 Å². The molecule has 1 N–H and O–H groups in total. The molecule has 1 aliphatic heterocycles. The van der Waals surface area contributed by atoms with Gasteiger partial charge in [-0.15, -0.1) is 11.3 Å². The van der Waals surface area contributed by atoms with Crippen molar-refractivity contribution in [2.45, 2.75) is 32.4 Å². The van der Waals surface area contributed by atoms with Crippen LogP contribution in [0.1, 0.15) is 24.6 Å². The smallest absolute Gasteiger partial charge is 0.240 e. The minimum atomic E-state index is -0.0411. The monoisotopic (exact) mass is 296 g/mol. The van der Waals surface area contributed by atoms with Crippen LogP contribution < -0.4 is 5.32 Å². The number of piperidine rings is 1. The molecule has 5 heteroatoms. The Morgan fingerprint density at radius 3 is 3.10 bits per heavy atom. The van der Waals surface area contributed by atoms with Crippen molar-refractivity contribution in [3.05, 3.63) is 22.4 Å². The number of nitrogens with one attached hydrogen (secondary N) is 1. The molecule has 0 aliphatic carbocycles. The van der Waals surface area contributed by atoms with Crippen molar-refractivity contribution < 1.29 is 9.53 Å². The van der Waals surface area contributed by atoms with Gasteiger partial charge in [-0.3, -0.25) is 4.79 Å². The topological polar surface area (TPSA) is 41.6 Å². The Hall–Kier alpha value is -0.910. The second-order valence-corrected chi connectivity index (χ2v) is 6.42. The van der Waals surface area contributed by atoms with Gasteiger partial charge in [0.05, 0.1) is 19.2 Å². The van der Waals surface area contributed by atoms with Crippen LogP contribution in [0, 0.1) is 5.92 Å². The van der Waals surface area contributed by atoms with Crippen molar-refractivity contribution in [1.29, 1.82) is 0 Å². The number of methoxy groups -OCH3 is 1. The number of thiophene rings is 1. The number of amides is 1. The van der Waals surface area contributed by atoms with Gasteiger partial charge < -0.3 is 15.0 Å². The normalized spacial score (nSPS) is 22.7. The van der Waals surface area contributed by atoms with Crippen molar-refractivity contribution in [3.8, 4) is 0 Å². The Labute approximate surface area is 125 Å². The van der Waals surface area contributed by atoms with Gasteiger partial charge in [0.25, 0.3) is 0 Å². The molecule has 1 amide bonds. The third-order valence-corrected chi connectivity index (χ3v) is 4.70. The van der Waals surface area contributed by atoms with Crippen molar-refractivity contribution in [1.82, 2.24) is 10.2 Å². The second-order valence-electron chi connectivity index (χ2n) is 5.38. The van der Waals surface area contributed by atoms with Crippen LogP contribution in [0.3, 0.4) is 0 Å². The van der Waals surface area contributed by atoms with E-state index in [1.807, 2.05) is 11.0 Å². The van der Waals surface area contributed by atoms with Gasteiger partial charge in [0.2, 0.25) is 5.91 Å². The van der Waals surface area contributed by atoms with Gasteiger partial charge >= 0.3 is 0 Å². The minimum Gasteiger partial charge on any atom is -0.383 e. The predicted octanol–water partition coefficient (Wildman–Crippen LogP) is 2.11. The van der Waals surface area contributed by atoms with Crippen molar-refractivity contribution in [3.63, 3.8) is 0 Å². The summed E-state index contributed by atoms with van der Waals surface area (Å²) in [5.74, 6) is 0.618. The number of nitrogens with zero attached hydrogens (tertiary/aromatic N) is 1. The van der Waals surface area contributed by atoms with Crippen LogP contribution in [-0.4, -0.2) is 43.7 Å². The van der Waals surface area contributed by atoms with E-state index in [0.29, 0.717) is 25.6 Å². The quantitative estimate of drug-likeness (QED) is 0.874. The van der Waals surface area contributed by atoms with E-state index in [4.69, 9.17) is 4.74 Å². The van der Waals surface area contributed by atoms with Crippen LogP contribution in [0.15, 0.2) is 17.5 Å². The summed E-state index contributed by atoms with van der Waals surface area (Å²) in [5.41, 5.74) is 0. The summed E-state index contributed by atoms with van der Waals surface area (Å²) in [4.78, 5) is 15.9. The number of ether oxygens (including phenoxy) is 1. The maximum atomic E-state index is 12.8. The SMILES string of the molecule is COCCN(Cc1cccs1)C(=O)C1NCCCC1C. The first kappa shape index (κ1) is 15.5. The van der Waals surface area contributed by atoms with Gasteiger partial charge in [-0.1, -0.05) is 13.0 Å². The van der Waals surface area contributed by atoms with Gasteiger partial charge in [0.15, 0.2) is 0 Å². The molecule has 4 nitrogen and oxygen atoms in total. The third-order valence-electron chi connectivity index (χ3n) is 3.84. The predicted molar refractivity (Wildman–Crippen MR) is 81.8 cm³/mol. The highest BCUT2D eigenvalue weighted by Crippen LogP contribution is 2.19. The fraction of sp³-hybridized carbons (Fsp3) is 0.667. The molecule has 1 aliphatic rings. The van der Waals surface area contributed by atoms with Crippen LogP contribution in [0.25, 0.3) is 0 Å². The van der Waals surface area contributed by atoms with Crippen molar-refractivity contribution in [2.24, 2.45) is 5.92 Å². The van der Waals surface area contributed by atoms with E-state index >= 15 is 0 Å². The summed E-state index contributed by atoms with van der Waals surface area (Å²) in [6, 6.07) is 4.07. The molecule has 0 saturated carbocycles. The Morgan fingerprint density at radius 1 is 1.60 bits per heavy atom. The summed E-state index contributed by atoms with van der Waals surface area (Å²) in [6.45, 7) is 5.02. The number of carbonyl (C=O) groups excluding carboxylic acids is 1. The summed E-state index contributed by atoms with van der Waals surface area (Å²) in [6.07, 6.45) is 2.29. The molecule has 20 heavy (non-hydrogen) atoms. The molecule has 2 atom stereocenters. The molecule has 1 fully saturated rings. The van der Waals surface area contributed by atoms with E-state index in [1.54, 1.807) is 18.4 Å². The number of hydrogen-bond acceptors (Lipinski definition) is 4. The van der Waals surface area contributed by atoms with E-state index in [9.17, 15) is 4.79 Å². The van der Waals surface area contributed by atoms with Crippen LogP contribution in [-0.2, 0) is 16.1 Å². The molecular weight excluding hydrogens is 272 g/mol. The van der Waals surface area contributed by atoms with E-state index in [0.717, 1.165) is 19.4 Å². The molecule has 2 heterocycles. The molecular formula is C15H24N2O2S. The van der Waals surface area contributed by atoms with E-state index in [2.05, 4.69) is 23.7 Å². The molecule has 1 aromatic rings. The fourth-order valence-electron chi connectivity index (χ4n) is 2.64. The Morgan fingerprint density at radius 2 is 2.45 bits per heavy atom.